The van der Waals surface area contributed by atoms with Crippen LogP contribution in [0.1, 0.15) is 54.9 Å². The Morgan fingerprint density at radius 2 is 1.65 bits per heavy atom. The molecule has 0 radical (unpaired) electrons. The highest BCUT2D eigenvalue weighted by Crippen LogP contribution is 2.64. The number of benzene rings is 2. The fraction of sp³-hybridized carbons (Fsp3) is 0.417. The summed E-state index contributed by atoms with van der Waals surface area (Å²) in [7, 11) is 0. The average Bonchev–Trinajstić information content (AvgIpc) is 3.26. The fourth-order valence-electron chi connectivity index (χ4n) is 6.38. The molecular formula is C24H28NO+. The molecule has 1 fully saturated rings. The van der Waals surface area contributed by atoms with Gasteiger partial charge in [-0.15, -0.1) is 6.58 Å². The van der Waals surface area contributed by atoms with Crippen LogP contribution in [0, 0.1) is 5.92 Å². The van der Waals surface area contributed by atoms with Crippen LogP contribution in [0.3, 0.4) is 0 Å². The SMILES string of the molecule is C=CC[C@@]12C[C@@H]1CC1(CCO)[NH2+][C@@](C)(c3ccccc31)c1ccccc12. The first-order chi connectivity index (χ1) is 12.6. The fourth-order valence-corrected chi connectivity index (χ4v) is 6.38. The van der Waals surface area contributed by atoms with Crippen molar-refractivity contribution in [2.75, 3.05) is 6.61 Å². The van der Waals surface area contributed by atoms with E-state index < -0.39 is 0 Å². The van der Waals surface area contributed by atoms with Gasteiger partial charge in [0.2, 0.25) is 0 Å². The van der Waals surface area contributed by atoms with E-state index in [1.54, 1.807) is 0 Å². The van der Waals surface area contributed by atoms with Crippen LogP contribution in [-0.4, -0.2) is 11.7 Å². The van der Waals surface area contributed by atoms with Crippen molar-refractivity contribution in [3.05, 3.63) is 83.4 Å². The van der Waals surface area contributed by atoms with Crippen LogP contribution in [0.2, 0.25) is 0 Å². The van der Waals surface area contributed by atoms with Gasteiger partial charge >= 0.3 is 0 Å². The zero-order chi connectivity index (χ0) is 18.0. The molecule has 2 bridgehead atoms. The molecule has 2 aromatic carbocycles. The average molecular weight is 346 g/mol. The Kier molecular flexibility index (Phi) is 3.33. The van der Waals surface area contributed by atoms with Gasteiger partial charge in [-0.2, -0.15) is 0 Å². The number of hydrogen-bond acceptors (Lipinski definition) is 1. The molecule has 2 aliphatic heterocycles. The predicted molar refractivity (Wildman–Crippen MR) is 104 cm³/mol. The van der Waals surface area contributed by atoms with Crippen molar-refractivity contribution in [2.24, 2.45) is 5.92 Å². The Balaban J connectivity index is 1.81. The maximum atomic E-state index is 9.93. The second-order valence-electron chi connectivity index (χ2n) is 8.82. The lowest BCUT2D eigenvalue weighted by molar-refractivity contribution is -0.787. The first-order valence-electron chi connectivity index (χ1n) is 9.88. The van der Waals surface area contributed by atoms with E-state index in [1.807, 2.05) is 0 Å². The highest BCUT2D eigenvalue weighted by molar-refractivity contribution is 5.53. The number of allylic oxidation sites excluding steroid dienone is 1. The first kappa shape index (κ1) is 16.3. The van der Waals surface area contributed by atoms with Crippen LogP contribution < -0.4 is 5.32 Å². The Morgan fingerprint density at radius 1 is 1.04 bits per heavy atom. The van der Waals surface area contributed by atoms with Crippen molar-refractivity contribution in [3.63, 3.8) is 0 Å². The molecule has 0 saturated heterocycles. The van der Waals surface area contributed by atoms with Gasteiger partial charge in [0.05, 0.1) is 0 Å². The molecule has 2 nitrogen and oxygen atoms in total. The lowest BCUT2D eigenvalue weighted by Crippen LogP contribution is -3.00. The second kappa shape index (κ2) is 5.31. The van der Waals surface area contributed by atoms with E-state index >= 15 is 0 Å². The summed E-state index contributed by atoms with van der Waals surface area (Å²) in [6.45, 7) is 6.69. The Morgan fingerprint density at radius 3 is 2.31 bits per heavy atom. The first-order valence-corrected chi connectivity index (χ1v) is 9.88. The molecule has 1 unspecified atom stereocenters. The summed E-state index contributed by atoms with van der Waals surface area (Å²) in [5, 5.41) is 12.5. The van der Waals surface area contributed by atoms with Gasteiger partial charge in [0.1, 0.15) is 11.1 Å². The Hall–Kier alpha value is -1.90. The minimum Gasteiger partial charge on any atom is -0.396 e. The number of hydrogen-bond donors (Lipinski definition) is 2. The number of aliphatic hydroxyl groups excluding tert-OH is 1. The van der Waals surface area contributed by atoms with E-state index in [0.717, 1.165) is 19.3 Å². The summed E-state index contributed by atoms with van der Waals surface area (Å²) in [5.41, 5.74) is 5.99. The van der Waals surface area contributed by atoms with E-state index in [0.29, 0.717) is 5.92 Å². The van der Waals surface area contributed by atoms with E-state index in [-0.39, 0.29) is 23.1 Å². The zero-order valence-corrected chi connectivity index (χ0v) is 15.5. The molecule has 1 saturated carbocycles. The van der Waals surface area contributed by atoms with E-state index in [9.17, 15) is 5.11 Å². The van der Waals surface area contributed by atoms with Gasteiger partial charge in [-0.05, 0) is 31.2 Å². The van der Waals surface area contributed by atoms with Gasteiger partial charge in [-0.3, -0.25) is 0 Å². The molecule has 3 aliphatic rings. The number of rotatable bonds is 4. The largest absolute Gasteiger partial charge is 0.396 e. The van der Waals surface area contributed by atoms with Crippen LogP contribution in [0.25, 0.3) is 0 Å². The third-order valence-electron chi connectivity index (χ3n) is 7.52. The van der Waals surface area contributed by atoms with Gasteiger partial charge in [0.25, 0.3) is 0 Å². The molecule has 26 heavy (non-hydrogen) atoms. The van der Waals surface area contributed by atoms with Crippen molar-refractivity contribution in [1.82, 2.24) is 0 Å². The number of quaternary nitrogens is 1. The van der Waals surface area contributed by atoms with Gasteiger partial charge in [0.15, 0.2) is 0 Å². The van der Waals surface area contributed by atoms with E-state index in [2.05, 4.69) is 73.4 Å². The second-order valence-corrected chi connectivity index (χ2v) is 8.82. The third-order valence-corrected chi connectivity index (χ3v) is 7.52. The van der Waals surface area contributed by atoms with Crippen molar-refractivity contribution in [3.8, 4) is 0 Å². The van der Waals surface area contributed by atoms with E-state index in [4.69, 9.17) is 0 Å². The molecule has 5 rings (SSSR count). The van der Waals surface area contributed by atoms with E-state index in [1.165, 1.54) is 28.7 Å². The number of nitrogens with two attached hydrogens (primary N) is 1. The molecule has 134 valence electrons. The van der Waals surface area contributed by atoms with Gasteiger partial charge in [0, 0.05) is 41.6 Å². The van der Waals surface area contributed by atoms with Gasteiger partial charge in [-0.1, -0.05) is 54.6 Å². The van der Waals surface area contributed by atoms with Crippen LogP contribution in [0.15, 0.2) is 61.2 Å². The molecule has 4 atom stereocenters. The predicted octanol–water partition coefficient (Wildman–Crippen LogP) is 3.34. The zero-order valence-electron chi connectivity index (χ0n) is 15.5. The minimum absolute atomic E-state index is 0.0127. The van der Waals surface area contributed by atoms with Crippen molar-refractivity contribution < 1.29 is 10.4 Å². The van der Waals surface area contributed by atoms with Crippen LogP contribution in [-0.2, 0) is 16.5 Å². The Bertz CT molecular complexity index is 889. The van der Waals surface area contributed by atoms with Crippen LogP contribution >= 0.6 is 0 Å². The summed E-state index contributed by atoms with van der Waals surface area (Å²) >= 11 is 0. The van der Waals surface area contributed by atoms with Crippen LogP contribution in [0.5, 0.6) is 0 Å². The van der Waals surface area contributed by atoms with Gasteiger partial charge in [-0.25, -0.2) is 0 Å². The summed E-state index contributed by atoms with van der Waals surface area (Å²) < 4.78 is 0. The minimum atomic E-state index is -0.0932. The monoisotopic (exact) mass is 346 g/mol. The third kappa shape index (κ3) is 1.89. The van der Waals surface area contributed by atoms with Crippen molar-refractivity contribution in [1.29, 1.82) is 0 Å². The lowest BCUT2D eigenvalue weighted by atomic mass is 9.76. The summed E-state index contributed by atoms with van der Waals surface area (Å²) in [4.78, 5) is 0. The molecule has 2 aromatic rings. The number of fused-ring (bicyclic) bond motifs is 9. The van der Waals surface area contributed by atoms with Crippen molar-refractivity contribution >= 4 is 0 Å². The molecule has 0 amide bonds. The Labute approximate surface area is 156 Å². The topological polar surface area (TPSA) is 36.8 Å². The highest BCUT2D eigenvalue weighted by atomic mass is 16.3. The van der Waals surface area contributed by atoms with Crippen molar-refractivity contribution in [2.45, 2.75) is 49.1 Å². The summed E-state index contributed by atoms with van der Waals surface area (Å²) in [5.74, 6) is 0.667. The number of aliphatic hydroxyl groups is 1. The molecule has 2 heteroatoms. The molecule has 3 N–H and O–H groups in total. The quantitative estimate of drug-likeness (QED) is 0.819. The normalized spacial score (nSPS) is 36.3. The van der Waals surface area contributed by atoms with Gasteiger partial charge < -0.3 is 10.4 Å². The summed E-state index contributed by atoms with van der Waals surface area (Å²) in [6.07, 6.45) is 6.37. The molecule has 0 spiro atoms. The molecule has 2 heterocycles. The molecule has 1 aliphatic carbocycles. The highest BCUT2D eigenvalue weighted by Gasteiger charge is 2.65. The van der Waals surface area contributed by atoms with Crippen LogP contribution in [0.4, 0.5) is 0 Å². The smallest absolute Gasteiger partial charge is 0.146 e. The maximum Gasteiger partial charge on any atom is 0.146 e. The standard InChI is InChI=1S/C24H27NO/c1-3-12-23-15-17(23)16-24(13-14-26)21-11-7-5-9-19(21)22(2,25-24)18-8-4-6-10-20(18)23/h3-11,17,25-26H,1,12-16H2,2H3/p+1/t17-,22-,23-,24?/m1/s1. The summed E-state index contributed by atoms with van der Waals surface area (Å²) in [6, 6.07) is 18.0. The lowest BCUT2D eigenvalue weighted by Gasteiger charge is -2.37. The molecular weight excluding hydrogens is 318 g/mol. The maximum absolute atomic E-state index is 9.93. The molecule has 0 aromatic heterocycles.